The van der Waals surface area contributed by atoms with Crippen molar-refractivity contribution in [2.75, 3.05) is 13.6 Å². The third-order valence-electron chi connectivity index (χ3n) is 2.19. The Hall–Kier alpha value is -1.76. The summed E-state index contributed by atoms with van der Waals surface area (Å²) in [5.41, 5.74) is 0.262. The molecule has 0 bridgehead atoms. The van der Waals surface area contributed by atoms with Gasteiger partial charge in [0.15, 0.2) is 0 Å². The first-order valence-electron chi connectivity index (χ1n) is 5.10. The fourth-order valence-corrected chi connectivity index (χ4v) is 1.44. The van der Waals surface area contributed by atoms with Crippen LogP contribution in [0.3, 0.4) is 0 Å². The summed E-state index contributed by atoms with van der Waals surface area (Å²) < 4.78 is 39.8. The zero-order chi connectivity index (χ0) is 13.8. The van der Waals surface area contributed by atoms with Crippen molar-refractivity contribution in [1.82, 2.24) is 5.32 Å². The first-order valence-corrected chi connectivity index (χ1v) is 5.10. The van der Waals surface area contributed by atoms with Gasteiger partial charge in [-0.05, 0) is 43.8 Å². The minimum atomic E-state index is -4.79. The Bertz CT molecular complexity index is 432. The molecule has 7 heteroatoms. The van der Waals surface area contributed by atoms with E-state index in [2.05, 4.69) is 10.1 Å². The minimum absolute atomic E-state index is 0.0280. The van der Waals surface area contributed by atoms with Gasteiger partial charge in [-0.25, -0.2) is 4.79 Å². The molecule has 0 atom stereocenters. The highest BCUT2D eigenvalue weighted by atomic mass is 19.4. The molecule has 0 fully saturated rings. The number of aromatic carboxylic acids is 1. The molecule has 0 spiro atoms. The normalized spacial score (nSPS) is 11.3. The van der Waals surface area contributed by atoms with Gasteiger partial charge in [-0.1, -0.05) is 0 Å². The highest BCUT2D eigenvalue weighted by molar-refractivity contribution is 5.89. The first-order chi connectivity index (χ1) is 8.33. The predicted molar refractivity (Wildman–Crippen MR) is 57.7 cm³/mol. The van der Waals surface area contributed by atoms with Gasteiger partial charge < -0.3 is 15.2 Å². The summed E-state index contributed by atoms with van der Waals surface area (Å²) in [6.45, 7) is 0.454. The molecule has 1 rings (SSSR count). The number of hydrogen-bond donors (Lipinski definition) is 2. The molecule has 100 valence electrons. The zero-order valence-corrected chi connectivity index (χ0v) is 9.54. The van der Waals surface area contributed by atoms with Crippen LogP contribution in [0.4, 0.5) is 13.2 Å². The van der Waals surface area contributed by atoms with Crippen LogP contribution in [0.2, 0.25) is 0 Å². The number of halogens is 3. The molecule has 1 aromatic carbocycles. The maximum atomic E-state index is 12.0. The molecule has 0 aliphatic rings. The van der Waals surface area contributed by atoms with E-state index in [4.69, 9.17) is 5.11 Å². The average molecular weight is 263 g/mol. The van der Waals surface area contributed by atoms with Crippen molar-refractivity contribution in [3.05, 3.63) is 29.3 Å². The third-order valence-corrected chi connectivity index (χ3v) is 2.19. The van der Waals surface area contributed by atoms with Crippen LogP contribution in [0.5, 0.6) is 5.75 Å². The molecule has 0 unspecified atom stereocenters. The lowest BCUT2D eigenvalue weighted by Crippen LogP contribution is -2.18. The number of carboxylic acids is 1. The Morgan fingerprint density at radius 2 is 2.11 bits per heavy atom. The quantitative estimate of drug-likeness (QED) is 0.853. The van der Waals surface area contributed by atoms with Crippen LogP contribution in [0.15, 0.2) is 18.2 Å². The molecule has 0 saturated carbocycles. The molecular weight excluding hydrogens is 251 g/mol. The average Bonchev–Trinajstić information content (AvgIpc) is 2.23. The minimum Gasteiger partial charge on any atom is -0.478 e. The van der Waals surface area contributed by atoms with Gasteiger partial charge in [0.2, 0.25) is 0 Å². The van der Waals surface area contributed by atoms with Crippen molar-refractivity contribution in [3.63, 3.8) is 0 Å². The van der Waals surface area contributed by atoms with E-state index in [0.29, 0.717) is 18.5 Å². The molecule has 0 saturated heterocycles. The van der Waals surface area contributed by atoms with Gasteiger partial charge in [-0.3, -0.25) is 0 Å². The van der Waals surface area contributed by atoms with Gasteiger partial charge in [0, 0.05) is 0 Å². The fraction of sp³-hybridized carbons (Fsp3) is 0.364. The van der Waals surface area contributed by atoms with Gasteiger partial charge in [0.1, 0.15) is 5.75 Å². The number of nitrogens with one attached hydrogen (secondary N) is 1. The SMILES string of the molecule is CNCCc1cc(OC(F)(F)F)ccc1C(=O)O. The molecule has 2 N–H and O–H groups in total. The Morgan fingerprint density at radius 1 is 1.44 bits per heavy atom. The summed E-state index contributed by atoms with van der Waals surface area (Å²) in [5.74, 6) is -1.60. The fourth-order valence-electron chi connectivity index (χ4n) is 1.44. The Labute approximate surface area is 101 Å². The van der Waals surface area contributed by atoms with E-state index in [0.717, 1.165) is 18.2 Å². The number of hydrogen-bond acceptors (Lipinski definition) is 3. The molecule has 0 radical (unpaired) electrons. The van der Waals surface area contributed by atoms with Crippen molar-refractivity contribution >= 4 is 5.97 Å². The molecule has 4 nitrogen and oxygen atoms in total. The predicted octanol–water partition coefficient (Wildman–Crippen LogP) is 2.05. The van der Waals surface area contributed by atoms with E-state index >= 15 is 0 Å². The number of rotatable bonds is 5. The number of alkyl halides is 3. The van der Waals surface area contributed by atoms with Crippen molar-refractivity contribution in [1.29, 1.82) is 0 Å². The van der Waals surface area contributed by atoms with Crippen LogP contribution >= 0.6 is 0 Å². The summed E-state index contributed by atoms with van der Waals surface area (Å²) in [7, 11) is 1.66. The Kier molecular flexibility index (Phi) is 4.55. The Morgan fingerprint density at radius 3 is 2.61 bits per heavy atom. The summed E-state index contributed by atoms with van der Waals surface area (Å²) in [4.78, 5) is 10.9. The number of carbonyl (C=O) groups is 1. The molecule has 0 heterocycles. The summed E-state index contributed by atoms with van der Waals surface area (Å²) in [6, 6.07) is 3.18. The van der Waals surface area contributed by atoms with Gasteiger partial charge >= 0.3 is 12.3 Å². The second-order valence-electron chi connectivity index (χ2n) is 3.53. The summed E-state index contributed by atoms with van der Waals surface area (Å²) in [5, 5.41) is 11.7. The first kappa shape index (κ1) is 14.3. The van der Waals surface area contributed by atoms with Crippen molar-refractivity contribution in [3.8, 4) is 5.75 Å². The van der Waals surface area contributed by atoms with Crippen molar-refractivity contribution in [2.45, 2.75) is 12.8 Å². The monoisotopic (exact) mass is 263 g/mol. The molecule has 0 aliphatic carbocycles. The van der Waals surface area contributed by atoms with Crippen molar-refractivity contribution < 1.29 is 27.8 Å². The summed E-state index contributed by atoms with van der Waals surface area (Å²) >= 11 is 0. The Balaban J connectivity index is 3.01. The number of carboxylic acid groups (broad SMARTS) is 1. The van der Waals surface area contributed by atoms with Gasteiger partial charge in [-0.2, -0.15) is 0 Å². The highest BCUT2D eigenvalue weighted by Crippen LogP contribution is 2.25. The second kappa shape index (κ2) is 5.72. The highest BCUT2D eigenvalue weighted by Gasteiger charge is 2.31. The standard InChI is InChI=1S/C11H12F3NO3/c1-15-5-4-7-6-8(18-11(12,13)14)2-3-9(7)10(16)17/h2-3,6,15H,4-5H2,1H3,(H,16,17). The van der Waals surface area contributed by atoms with Crippen LogP contribution in [-0.4, -0.2) is 31.0 Å². The van der Waals surface area contributed by atoms with E-state index in [1.807, 2.05) is 0 Å². The lowest BCUT2D eigenvalue weighted by atomic mass is 10.0. The molecule has 18 heavy (non-hydrogen) atoms. The topological polar surface area (TPSA) is 58.6 Å². The summed E-state index contributed by atoms with van der Waals surface area (Å²) in [6.07, 6.45) is -4.49. The lowest BCUT2D eigenvalue weighted by Gasteiger charge is -2.12. The van der Waals surface area contributed by atoms with E-state index < -0.39 is 18.1 Å². The van der Waals surface area contributed by atoms with Crippen LogP contribution < -0.4 is 10.1 Å². The van der Waals surface area contributed by atoms with Crippen molar-refractivity contribution in [2.24, 2.45) is 0 Å². The largest absolute Gasteiger partial charge is 0.573 e. The smallest absolute Gasteiger partial charge is 0.478 e. The molecule has 0 amide bonds. The number of benzene rings is 1. The zero-order valence-electron chi connectivity index (χ0n) is 9.54. The maximum Gasteiger partial charge on any atom is 0.573 e. The third kappa shape index (κ3) is 4.25. The molecule has 0 aromatic heterocycles. The number of likely N-dealkylation sites (N-methyl/N-ethyl adjacent to an activating group) is 1. The van der Waals surface area contributed by atoms with Crippen LogP contribution in [0.25, 0.3) is 0 Å². The van der Waals surface area contributed by atoms with E-state index in [-0.39, 0.29) is 5.56 Å². The van der Waals surface area contributed by atoms with E-state index in [9.17, 15) is 18.0 Å². The maximum absolute atomic E-state index is 12.0. The second-order valence-corrected chi connectivity index (χ2v) is 3.53. The van der Waals surface area contributed by atoms with Gasteiger partial charge in [-0.15, -0.1) is 13.2 Å². The molecule has 1 aromatic rings. The van der Waals surface area contributed by atoms with Crippen LogP contribution in [0, 0.1) is 0 Å². The molecule has 0 aliphatic heterocycles. The van der Waals surface area contributed by atoms with E-state index in [1.165, 1.54) is 0 Å². The number of ether oxygens (including phenoxy) is 1. The van der Waals surface area contributed by atoms with Crippen LogP contribution in [-0.2, 0) is 6.42 Å². The van der Waals surface area contributed by atoms with Gasteiger partial charge in [0.25, 0.3) is 0 Å². The van der Waals surface area contributed by atoms with Crippen LogP contribution in [0.1, 0.15) is 15.9 Å². The molecular formula is C11H12F3NO3. The lowest BCUT2D eigenvalue weighted by molar-refractivity contribution is -0.274. The van der Waals surface area contributed by atoms with E-state index in [1.54, 1.807) is 7.05 Å². The van der Waals surface area contributed by atoms with Gasteiger partial charge in [0.05, 0.1) is 5.56 Å².